The van der Waals surface area contributed by atoms with Gasteiger partial charge in [-0.2, -0.15) is 4.31 Å². The molecule has 8 nitrogen and oxygen atoms in total. The molecule has 2 amide bonds. The molecule has 0 aromatic carbocycles. The fraction of sp³-hybridized carbons (Fsp3) is 0.444. The third kappa shape index (κ3) is 5.00. The summed E-state index contributed by atoms with van der Waals surface area (Å²) in [6, 6.07) is 4.60. The van der Waals surface area contributed by atoms with Crippen molar-refractivity contribution in [1.82, 2.24) is 14.5 Å². The molecule has 0 radical (unpaired) electrons. The molecule has 0 saturated carbocycles. The van der Waals surface area contributed by atoms with E-state index in [2.05, 4.69) is 5.32 Å². The predicted molar refractivity (Wildman–Crippen MR) is 110 cm³/mol. The van der Waals surface area contributed by atoms with Crippen molar-refractivity contribution in [2.75, 3.05) is 26.7 Å². The van der Waals surface area contributed by atoms with Gasteiger partial charge in [-0.1, -0.05) is 11.6 Å². The number of likely N-dealkylation sites (N-methyl/N-ethyl adjacent to an activating group) is 1. The Morgan fingerprint density at radius 1 is 1.31 bits per heavy atom. The number of likely N-dealkylation sites (tertiary alicyclic amines) is 1. The quantitative estimate of drug-likeness (QED) is 0.714. The van der Waals surface area contributed by atoms with E-state index in [0.717, 1.165) is 21.2 Å². The molecular weight excluding hydrogens is 438 g/mol. The number of sulfonamides is 1. The first-order valence-corrected chi connectivity index (χ1v) is 11.7. The number of carbonyl (C=O) groups is 2. The Kier molecular flexibility index (Phi) is 6.67. The van der Waals surface area contributed by atoms with E-state index in [4.69, 9.17) is 16.0 Å². The second-order valence-electron chi connectivity index (χ2n) is 6.88. The number of furan rings is 1. The SMILES string of the molecule is Cc1ccoc1C(=O)NC1CCN(C(=O)CN(C)S(=O)(=O)c2ccc(Cl)s2)CC1. The molecule has 1 aliphatic heterocycles. The largest absolute Gasteiger partial charge is 0.459 e. The number of aryl methyl sites for hydroxylation is 1. The number of halogens is 1. The van der Waals surface area contributed by atoms with E-state index in [-0.39, 0.29) is 28.6 Å². The number of hydrogen-bond donors (Lipinski definition) is 1. The molecule has 29 heavy (non-hydrogen) atoms. The zero-order valence-electron chi connectivity index (χ0n) is 16.1. The molecule has 3 rings (SSSR count). The number of hydrogen-bond acceptors (Lipinski definition) is 6. The zero-order chi connectivity index (χ0) is 21.2. The van der Waals surface area contributed by atoms with Gasteiger partial charge in [-0.3, -0.25) is 9.59 Å². The second-order valence-corrected chi connectivity index (χ2v) is 10.9. The topological polar surface area (TPSA) is 99.9 Å². The third-order valence-electron chi connectivity index (χ3n) is 4.82. The van der Waals surface area contributed by atoms with Gasteiger partial charge in [-0.25, -0.2) is 8.42 Å². The molecule has 158 valence electrons. The zero-order valence-corrected chi connectivity index (χ0v) is 18.4. The maximum Gasteiger partial charge on any atom is 0.287 e. The molecule has 2 aromatic heterocycles. The number of thiophene rings is 1. The van der Waals surface area contributed by atoms with Crippen molar-refractivity contribution >= 4 is 44.8 Å². The van der Waals surface area contributed by atoms with Gasteiger partial charge in [-0.05, 0) is 38.0 Å². The van der Waals surface area contributed by atoms with Crippen LogP contribution in [0, 0.1) is 6.92 Å². The van der Waals surface area contributed by atoms with Gasteiger partial charge >= 0.3 is 0 Å². The minimum Gasteiger partial charge on any atom is -0.459 e. The minimum absolute atomic E-state index is 0.0641. The average molecular weight is 460 g/mol. The average Bonchev–Trinajstić information content (AvgIpc) is 3.30. The molecule has 0 aliphatic carbocycles. The van der Waals surface area contributed by atoms with E-state index in [0.29, 0.717) is 36.0 Å². The van der Waals surface area contributed by atoms with Crippen LogP contribution in [0.5, 0.6) is 0 Å². The molecule has 0 spiro atoms. The monoisotopic (exact) mass is 459 g/mol. The van der Waals surface area contributed by atoms with Crippen molar-refractivity contribution in [3.05, 3.63) is 40.1 Å². The first kappa shape index (κ1) is 21.8. The summed E-state index contributed by atoms with van der Waals surface area (Å²) in [5.74, 6) is -0.243. The van der Waals surface area contributed by atoms with Crippen molar-refractivity contribution in [3.8, 4) is 0 Å². The summed E-state index contributed by atoms with van der Waals surface area (Å²) < 4.78 is 31.8. The fourth-order valence-electron chi connectivity index (χ4n) is 3.09. The second kappa shape index (κ2) is 8.86. The van der Waals surface area contributed by atoms with E-state index in [1.165, 1.54) is 25.4 Å². The molecule has 3 heterocycles. The van der Waals surface area contributed by atoms with Gasteiger partial charge < -0.3 is 14.6 Å². The molecule has 2 aromatic rings. The Hall–Kier alpha value is -1.88. The molecule has 1 saturated heterocycles. The van der Waals surface area contributed by atoms with Gasteiger partial charge in [0.1, 0.15) is 4.21 Å². The summed E-state index contributed by atoms with van der Waals surface area (Å²) in [4.78, 5) is 26.4. The Bertz CT molecular complexity index is 993. The summed E-state index contributed by atoms with van der Waals surface area (Å²) in [5, 5.41) is 2.92. The first-order valence-electron chi connectivity index (χ1n) is 9.03. The number of piperidine rings is 1. The molecule has 1 N–H and O–H groups in total. The fourth-order valence-corrected chi connectivity index (χ4v) is 5.91. The van der Waals surface area contributed by atoms with Gasteiger partial charge in [0.05, 0.1) is 17.1 Å². The van der Waals surface area contributed by atoms with Crippen molar-refractivity contribution in [2.24, 2.45) is 0 Å². The predicted octanol–water partition coefficient (Wildman–Crippen LogP) is 2.34. The smallest absolute Gasteiger partial charge is 0.287 e. The summed E-state index contributed by atoms with van der Waals surface area (Å²) in [5.41, 5.74) is 0.770. The van der Waals surface area contributed by atoms with E-state index in [1.807, 2.05) is 0 Å². The van der Waals surface area contributed by atoms with Crippen molar-refractivity contribution in [3.63, 3.8) is 0 Å². The van der Waals surface area contributed by atoms with Crippen LogP contribution in [-0.2, 0) is 14.8 Å². The highest BCUT2D eigenvalue weighted by atomic mass is 35.5. The highest BCUT2D eigenvalue weighted by molar-refractivity contribution is 7.91. The normalized spacial score (nSPS) is 15.7. The van der Waals surface area contributed by atoms with Crippen LogP contribution in [0.4, 0.5) is 0 Å². The van der Waals surface area contributed by atoms with Crippen LogP contribution >= 0.6 is 22.9 Å². The summed E-state index contributed by atoms with van der Waals surface area (Å²) >= 11 is 6.77. The van der Waals surface area contributed by atoms with Gasteiger partial charge in [-0.15, -0.1) is 11.3 Å². The summed E-state index contributed by atoms with van der Waals surface area (Å²) in [6.45, 7) is 2.44. The highest BCUT2D eigenvalue weighted by Gasteiger charge is 2.29. The summed E-state index contributed by atoms with van der Waals surface area (Å²) in [6.07, 6.45) is 2.66. The lowest BCUT2D eigenvalue weighted by molar-refractivity contribution is -0.132. The Labute approximate surface area is 178 Å². The van der Waals surface area contributed by atoms with E-state index in [1.54, 1.807) is 17.9 Å². The van der Waals surface area contributed by atoms with Crippen LogP contribution in [0.15, 0.2) is 33.1 Å². The van der Waals surface area contributed by atoms with Gasteiger partial charge in [0.2, 0.25) is 5.91 Å². The molecule has 1 fully saturated rings. The van der Waals surface area contributed by atoms with Crippen LogP contribution < -0.4 is 5.32 Å². The number of nitrogens with one attached hydrogen (secondary N) is 1. The number of carbonyl (C=O) groups excluding carboxylic acids is 2. The number of rotatable bonds is 6. The Morgan fingerprint density at radius 3 is 2.55 bits per heavy atom. The van der Waals surface area contributed by atoms with Crippen molar-refractivity contribution in [1.29, 1.82) is 0 Å². The molecule has 0 bridgehead atoms. The van der Waals surface area contributed by atoms with E-state index in [9.17, 15) is 18.0 Å². The van der Waals surface area contributed by atoms with E-state index < -0.39 is 10.0 Å². The minimum atomic E-state index is -3.76. The van der Waals surface area contributed by atoms with Crippen LogP contribution in [0.3, 0.4) is 0 Å². The van der Waals surface area contributed by atoms with Gasteiger partial charge in [0.15, 0.2) is 5.76 Å². The Morgan fingerprint density at radius 2 is 2.00 bits per heavy atom. The number of amides is 2. The Balaban J connectivity index is 1.51. The van der Waals surface area contributed by atoms with Gasteiger partial charge in [0.25, 0.3) is 15.9 Å². The maximum absolute atomic E-state index is 12.5. The standard InChI is InChI=1S/C18H22ClN3O5S2/c1-12-7-10-27-17(12)18(24)20-13-5-8-22(9-6-13)15(23)11-21(2)29(25,26)16-4-3-14(19)28-16/h3-4,7,10,13H,5-6,8-9,11H2,1-2H3,(H,20,24). The van der Waals surface area contributed by atoms with Crippen molar-refractivity contribution < 1.29 is 22.4 Å². The molecule has 0 atom stereocenters. The molecular formula is C18H22ClN3O5S2. The number of nitrogens with zero attached hydrogens (tertiary/aromatic N) is 2. The van der Waals surface area contributed by atoms with Crippen LogP contribution in [0.1, 0.15) is 29.0 Å². The van der Waals surface area contributed by atoms with Crippen LogP contribution in [0.2, 0.25) is 4.34 Å². The lowest BCUT2D eigenvalue weighted by Crippen LogP contribution is -2.49. The lowest BCUT2D eigenvalue weighted by atomic mass is 10.0. The lowest BCUT2D eigenvalue weighted by Gasteiger charge is -2.33. The van der Waals surface area contributed by atoms with Crippen LogP contribution in [-0.4, -0.2) is 62.2 Å². The maximum atomic E-state index is 12.5. The highest BCUT2D eigenvalue weighted by Crippen LogP contribution is 2.27. The van der Waals surface area contributed by atoms with Crippen molar-refractivity contribution in [2.45, 2.75) is 30.0 Å². The van der Waals surface area contributed by atoms with Gasteiger partial charge in [0, 0.05) is 31.7 Å². The molecule has 11 heteroatoms. The summed E-state index contributed by atoms with van der Waals surface area (Å²) in [7, 11) is -2.38. The third-order valence-corrected chi connectivity index (χ3v) is 8.32. The first-order chi connectivity index (χ1) is 13.7. The van der Waals surface area contributed by atoms with Crippen LogP contribution in [0.25, 0.3) is 0 Å². The molecule has 0 unspecified atom stereocenters. The van der Waals surface area contributed by atoms with E-state index >= 15 is 0 Å². The molecule has 1 aliphatic rings.